The van der Waals surface area contributed by atoms with Crippen molar-refractivity contribution in [2.45, 2.75) is 32.4 Å². The molecule has 23 heavy (non-hydrogen) atoms. The molecule has 0 fully saturated rings. The van der Waals surface area contributed by atoms with E-state index >= 15 is 0 Å². The third-order valence-corrected chi connectivity index (χ3v) is 4.08. The predicted molar refractivity (Wildman–Crippen MR) is 91.2 cm³/mol. The summed E-state index contributed by atoms with van der Waals surface area (Å²) in [6.07, 6.45) is 2.15. The molecule has 3 N–H and O–H groups in total. The van der Waals surface area contributed by atoms with Gasteiger partial charge in [-0.3, -0.25) is 4.79 Å². The van der Waals surface area contributed by atoms with Gasteiger partial charge in [0.2, 0.25) is 5.91 Å². The van der Waals surface area contributed by atoms with Gasteiger partial charge >= 0.3 is 0 Å². The second-order valence-electron chi connectivity index (χ2n) is 5.98. The number of carbonyl (C=O) groups excluding carboxylic acids is 1. The van der Waals surface area contributed by atoms with Gasteiger partial charge in [0.15, 0.2) is 0 Å². The van der Waals surface area contributed by atoms with Gasteiger partial charge in [-0.05, 0) is 54.2 Å². The van der Waals surface area contributed by atoms with E-state index in [2.05, 4.69) is 35.6 Å². The summed E-state index contributed by atoms with van der Waals surface area (Å²) in [6.45, 7) is 2.99. The minimum Gasteiger partial charge on any atom is -0.493 e. The molecule has 4 heteroatoms. The van der Waals surface area contributed by atoms with E-state index in [4.69, 9.17) is 10.5 Å². The highest BCUT2D eigenvalue weighted by Crippen LogP contribution is 2.30. The second kappa shape index (κ2) is 6.84. The number of carbonyl (C=O) groups is 1. The molecule has 1 aliphatic heterocycles. The molecule has 4 nitrogen and oxygen atoms in total. The monoisotopic (exact) mass is 310 g/mol. The average molecular weight is 310 g/mol. The van der Waals surface area contributed by atoms with Crippen molar-refractivity contribution >= 4 is 5.91 Å². The van der Waals surface area contributed by atoms with Gasteiger partial charge in [0.05, 0.1) is 12.6 Å². The zero-order valence-electron chi connectivity index (χ0n) is 13.3. The van der Waals surface area contributed by atoms with Crippen LogP contribution in [-0.2, 0) is 17.8 Å². The molecule has 1 aliphatic rings. The number of ether oxygens (including phenoxy) is 1. The van der Waals surface area contributed by atoms with Crippen LogP contribution >= 0.6 is 0 Å². The Balaban J connectivity index is 1.71. The highest BCUT2D eigenvalue weighted by atomic mass is 16.5. The maximum absolute atomic E-state index is 11.5. The summed E-state index contributed by atoms with van der Waals surface area (Å²) in [4.78, 5) is 11.5. The summed E-state index contributed by atoms with van der Waals surface area (Å²) in [5.74, 6) is 0.874. The lowest BCUT2D eigenvalue weighted by molar-refractivity contribution is -0.122. The van der Waals surface area contributed by atoms with Gasteiger partial charge in [-0.2, -0.15) is 0 Å². The summed E-state index contributed by atoms with van der Waals surface area (Å²) < 4.78 is 5.66. The van der Waals surface area contributed by atoms with Crippen LogP contribution in [0.4, 0.5) is 0 Å². The first-order valence-electron chi connectivity index (χ1n) is 8.02. The molecule has 0 aromatic heterocycles. The van der Waals surface area contributed by atoms with Crippen LogP contribution in [0.1, 0.15) is 24.5 Å². The number of nitrogens with two attached hydrogens (primary N) is 1. The normalized spacial score (nSPS) is 14.5. The molecule has 0 aliphatic carbocycles. The zero-order valence-corrected chi connectivity index (χ0v) is 13.3. The zero-order chi connectivity index (χ0) is 16.2. The summed E-state index contributed by atoms with van der Waals surface area (Å²) in [5, 5.41) is 2.82. The molecule has 0 saturated heterocycles. The van der Waals surface area contributed by atoms with Crippen molar-refractivity contribution in [3.05, 3.63) is 53.6 Å². The van der Waals surface area contributed by atoms with Crippen LogP contribution in [0.2, 0.25) is 0 Å². The van der Waals surface area contributed by atoms with Crippen LogP contribution in [0.3, 0.4) is 0 Å². The fourth-order valence-corrected chi connectivity index (χ4v) is 2.71. The Morgan fingerprint density at radius 2 is 1.96 bits per heavy atom. The Morgan fingerprint density at radius 1 is 1.22 bits per heavy atom. The number of rotatable bonds is 4. The van der Waals surface area contributed by atoms with Gasteiger partial charge in [-0.15, -0.1) is 0 Å². The van der Waals surface area contributed by atoms with E-state index in [0.717, 1.165) is 30.8 Å². The fourth-order valence-electron chi connectivity index (χ4n) is 2.71. The van der Waals surface area contributed by atoms with E-state index in [1.165, 1.54) is 16.7 Å². The Hall–Kier alpha value is -2.33. The van der Waals surface area contributed by atoms with E-state index in [-0.39, 0.29) is 5.91 Å². The molecule has 0 radical (unpaired) electrons. The van der Waals surface area contributed by atoms with Crippen molar-refractivity contribution in [3.63, 3.8) is 0 Å². The highest BCUT2D eigenvalue weighted by Gasteiger charge is 2.11. The summed E-state index contributed by atoms with van der Waals surface area (Å²) >= 11 is 0. The molecule has 0 spiro atoms. The van der Waals surface area contributed by atoms with Gasteiger partial charge in [-0.25, -0.2) is 0 Å². The summed E-state index contributed by atoms with van der Waals surface area (Å²) in [6, 6.07) is 14.1. The molecular weight excluding hydrogens is 288 g/mol. The number of fused-ring (bicyclic) bond motifs is 1. The van der Waals surface area contributed by atoms with Crippen molar-refractivity contribution in [2.75, 3.05) is 6.61 Å². The lowest BCUT2D eigenvalue weighted by Gasteiger charge is -2.18. The van der Waals surface area contributed by atoms with Crippen LogP contribution in [0.25, 0.3) is 11.1 Å². The molecule has 120 valence electrons. The van der Waals surface area contributed by atoms with Crippen LogP contribution in [-0.4, -0.2) is 18.6 Å². The van der Waals surface area contributed by atoms with Crippen molar-refractivity contribution < 1.29 is 9.53 Å². The maximum atomic E-state index is 11.5. The number of nitrogens with one attached hydrogen (secondary N) is 1. The molecule has 0 bridgehead atoms. The molecule has 2 aromatic rings. The first-order chi connectivity index (χ1) is 11.1. The Kier molecular flexibility index (Phi) is 4.63. The van der Waals surface area contributed by atoms with E-state index in [1.807, 2.05) is 12.1 Å². The number of amides is 1. The minimum atomic E-state index is -0.480. The summed E-state index contributed by atoms with van der Waals surface area (Å²) in [7, 11) is 0. The second-order valence-corrected chi connectivity index (χ2v) is 5.98. The van der Waals surface area contributed by atoms with Gasteiger partial charge in [0, 0.05) is 6.54 Å². The van der Waals surface area contributed by atoms with Gasteiger partial charge in [0.25, 0.3) is 0 Å². The van der Waals surface area contributed by atoms with Crippen molar-refractivity contribution in [1.82, 2.24) is 5.32 Å². The molecule has 2 aromatic carbocycles. The fraction of sp³-hybridized carbons (Fsp3) is 0.316. The smallest absolute Gasteiger partial charge is 0.236 e. The average Bonchev–Trinajstić information content (AvgIpc) is 2.59. The maximum Gasteiger partial charge on any atom is 0.236 e. The Labute approximate surface area is 136 Å². The number of aryl methyl sites for hydroxylation is 1. The molecule has 0 unspecified atom stereocenters. The first-order valence-corrected chi connectivity index (χ1v) is 8.02. The van der Waals surface area contributed by atoms with Crippen LogP contribution < -0.4 is 15.8 Å². The van der Waals surface area contributed by atoms with E-state index < -0.39 is 6.04 Å². The topological polar surface area (TPSA) is 64.4 Å². The van der Waals surface area contributed by atoms with E-state index in [9.17, 15) is 4.79 Å². The van der Waals surface area contributed by atoms with Gasteiger partial charge in [0.1, 0.15) is 5.75 Å². The largest absolute Gasteiger partial charge is 0.493 e. The minimum absolute atomic E-state index is 0.135. The molecule has 1 amide bonds. The van der Waals surface area contributed by atoms with Gasteiger partial charge < -0.3 is 15.8 Å². The first kappa shape index (κ1) is 15.6. The lowest BCUT2D eigenvalue weighted by Crippen LogP contribution is -2.37. The van der Waals surface area contributed by atoms with Crippen molar-refractivity contribution in [1.29, 1.82) is 0 Å². The molecule has 1 atom stereocenters. The SMILES string of the molecule is C[C@@H](N)C(=O)NCc1ccc(-c2ccc3c(c2)CCCO3)cc1. The van der Waals surface area contributed by atoms with E-state index in [0.29, 0.717) is 6.54 Å². The van der Waals surface area contributed by atoms with Crippen LogP contribution in [0.5, 0.6) is 5.75 Å². The van der Waals surface area contributed by atoms with Crippen LogP contribution in [0, 0.1) is 0 Å². The quantitative estimate of drug-likeness (QED) is 0.912. The van der Waals surface area contributed by atoms with Gasteiger partial charge in [-0.1, -0.05) is 30.3 Å². The standard InChI is InChI=1S/C19H22N2O2/c1-13(20)19(22)21-12-14-4-6-15(7-5-14)16-8-9-18-17(11-16)3-2-10-23-18/h4-9,11,13H,2-3,10,12,20H2,1H3,(H,21,22)/t13-/m1/s1. The Bertz CT molecular complexity index is 693. The van der Waals surface area contributed by atoms with E-state index in [1.54, 1.807) is 6.92 Å². The molecule has 1 heterocycles. The number of benzene rings is 2. The van der Waals surface area contributed by atoms with Crippen LogP contribution in [0.15, 0.2) is 42.5 Å². The molecular formula is C19H22N2O2. The number of hydrogen-bond donors (Lipinski definition) is 2. The molecule has 0 saturated carbocycles. The predicted octanol–water partition coefficient (Wildman–Crippen LogP) is 2.64. The Morgan fingerprint density at radius 3 is 2.70 bits per heavy atom. The van der Waals surface area contributed by atoms with Crippen molar-refractivity contribution in [2.24, 2.45) is 5.73 Å². The van der Waals surface area contributed by atoms with Crippen molar-refractivity contribution in [3.8, 4) is 16.9 Å². The third kappa shape index (κ3) is 3.71. The number of hydrogen-bond acceptors (Lipinski definition) is 3. The molecule has 3 rings (SSSR count). The highest BCUT2D eigenvalue weighted by molar-refractivity contribution is 5.80. The third-order valence-electron chi connectivity index (χ3n) is 4.08. The lowest BCUT2D eigenvalue weighted by atomic mass is 9.98. The summed E-state index contributed by atoms with van der Waals surface area (Å²) in [5.41, 5.74) is 10.2.